The van der Waals surface area contributed by atoms with Gasteiger partial charge >= 0.3 is 5.97 Å². The van der Waals surface area contributed by atoms with Crippen molar-refractivity contribution in [3.63, 3.8) is 0 Å². The molecule has 0 atom stereocenters. The largest absolute Gasteiger partial charge is 0.495 e. The van der Waals surface area contributed by atoms with Crippen molar-refractivity contribution in [2.75, 3.05) is 12.4 Å². The maximum Gasteiger partial charge on any atom is 0.337 e. The van der Waals surface area contributed by atoms with Crippen molar-refractivity contribution in [3.8, 4) is 17.1 Å². The van der Waals surface area contributed by atoms with Gasteiger partial charge in [-0.2, -0.15) is 0 Å². The van der Waals surface area contributed by atoms with E-state index in [1.807, 2.05) is 24.3 Å². The highest BCUT2D eigenvalue weighted by Gasteiger charge is 2.12. The number of aromatic nitrogens is 3. The van der Waals surface area contributed by atoms with Gasteiger partial charge in [-0.25, -0.2) is 14.8 Å². The quantitative estimate of drug-likeness (QED) is 0.750. The first-order valence-electron chi connectivity index (χ1n) is 7.21. The summed E-state index contributed by atoms with van der Waals surface area (Å²) >= 11 is 0. The van der Waals surface area contributed by atoms with Gasteiger partial charge in [0.05, 0.1) is 29.7 Å². The Kier molecular flexibility index (Phi) is 4.15. The first-order valence-corrected chi connectivity index (χ1v) is 7.21. The van der Waals surface area contributed by atoms with Gasteiger partial charge in [-0.3, -0.25) is 0 Å². The lowest BCUT2D eigenvalue weighted by Gasteiger charge is -2.10. The molecular weight excluding hydrogens is 308 g/mol. The Balaban J connectivity index is 1.94. The van der Waals surface area contributed by atoms with Gasteiger partial charge in [0, 0.05) is 19.4 Å². The summed E-state index contributed by atoms with van der Waals surface area (Å²) in [6.07, 6.45) is 3.17. The van der Waals surface area contributed by atoms with E-state index >= 15 is 0 Å². The van der Waals surface area contributed by atoms with E-state index in [0.717, 1.165) is 5.69 Å². The molecule has 1 aromatic carbocycles. The molecule has 0 fully saturated rings. The topological polar surface area (TPSA) is 89.3 Å². The van der Waals surface area contributed by atoms with Crippen molar-refractivity contribution in [2.24, 2.45) is 7.05 Å². The summed E-state index contributed by atoms with van der Waals surface area (Å²) in [5, 5.41) is 12.2. The first-order chi connectivity index (χ1) is 11.6. The van der Waals surface area contributed by atoms with Crippen LogP contribution in [-0.2, 0) is 7.05 Å². The van der Waals surface area contributed by atoms with Crippen LogP contribution in [0.2, 0.25) is 0 Å². The zero-order valence-electron chi connectivity index (χ0n) is 13.2. The number of aryl methyl sites for hydroxylation is 1. The zero-order chi connectivity index (χ0) is 17.1. The Bertz CT molecular complexity index is 889. The average Bonchev–Trinajstić information content (AvgIpc) is 2.98. The monoisotopic (exact) mass is 324 g/mol. The van der Waals surface area contributed by atoms with Crippen LogP contribution in [0.3, 0.4) is 0 Å². The molecule has 122 valence electrons. The number of rotatable bonds is 5. The predicted molar refractivity (Wildman–Crippen MR) is 89.7 cm³/mol. The molecule has 2 N–H and O–H groups in total. The SMILES string of the molecule is COc1ccccc1Nc1nccc(-c2cc(C(=O)O)cn2C)n1. The van der Waals surface area contributed by atoms with E-state index < -0.39 is 5.97 Å². The maximum atomic E-state index is 11.1. The smallest absolute Gasteiger partial charge is 0.337 e. The minimum atomic E-state index is -0.974. The summed E-state index contributed by atoms with van der Waals surface area (Å²) in [7, 11) is 3.37. The Morgan fingerprint density at radius 2 is 2.08 bits per heavy atom. The highest BCUT2D eigenvalue weighted by atomic mass is 16.5. The van der Waals surface area contributed by atoms with Crippen LogP contribution in [0.5, 0.6) is 5.75 Å². The molecule has 0 aliphatic rings. The van der Waals surface area contributed by atoms with Crippen LogP contribution in [0.1, 0.15) is 10.4 Å². The maximum absolute atomic E-state index is 11.1. The molecule has 0 aliphatic carbocycles. The van der Waals surface area contributed by atoms with Crippen LogP contribution >= 0.6 is 0 Å². The lowest BCUT2D eigenvalue weighted by molar-refractivity contribution is 0.0697. The molecule has 0 bridgehead atoms. The highest BCUT2D eigenvalue weighted by Crippen LogP contribution is 2.26. The number of hydrogen-bond donors (Lipinski definition) is 2. The van der Waals surface area contributed by atoms with Gasteiger partial charge in [0.25, 0.3) is 0 Å². The molecule has 7 heteroatoms. The third-order valence-electron chi connectivity index (χ3n) is 3.52. The number of para-hydroxylation sites is 2. The molecule has 24 heavy (non-hydrogen) atoms. The summed E-state index contributed by atoms with van der Waals surface area (Å²) in [4.78, 5) is 19.8. The van der Waals surface area contributed by atoms with E-state index in [9.17, 15) is 4.79 Å². The third-order valence-corrected chi connectivity index (χ3v) is 3.52. The van der Waals surface area contributed by atoms with E-state index in [-0.39, 0.29) is 5.56 Å². The molecule has 3 aromatic rings. The molecule has 3 rings (SSSR count). The van der Waals surface area contributed by atoms with Crippen molar-refractivity contribution >= 4 is 17.6 Å². The lowest BCUT2D eigenvalue weighted by Crippen LogP contribution is -2.00. The number of nitrogens with one attached hydrogen (secondary N) is 1. The molecule has 0 aliphatic heterocycles. The molecule has 0 saturated heterocycles. The Morgan fingerprint density at radius 3 is 2.79 bits per heavy atom. The number of anilines is 2. The van der Waals surface area contributed by atoms with Crippen molar-refractivity contribution in [2.45, 2.75) is 0 Å². The molecule has 0 amide bonds. The first kappa shape index (κ1) is 15.5. The van der Waals surface area contributed by atoms with Gasteiger partial charge in [0.2, 0.25) is 5.95 Å². The van der Waals surface area contributed by atoms with Gasteiger partial charge in [-0.1, -0.05) is 12.1 Å². The highest BCUT2D eigenvalue weighted by molar-refractivity contribution is 5.89. The normalized spacial score (nSPS) is 10.4. The van der Waals surface area contributed by atoms with Crippen LogP contribution in [0.15, 0.2) is 48.8 Å². The standard InChI is InChI=1S/C17H16N4O3/c1-21-10-11(16(22)23)9-14(21)12-7-8-18-17(19-12)20-13-5-3-4-6-15(13)24-2/h3-10H,1-2H3,(H,22,23)(H,18,19,20). The number of benzene rings is 1. The number of ether oxygens (including phenoxy) is 1. The molecule has 2 aromatic heterocycles. The zero-order valence-corrected chi connectivity index (χ0v) is 13.2. The Morgan fingerprint density at radius 1 is 1.29 bits per heavy atom. The Hall–Kier alpha value is -3.35. The van der Waals surface area contributed by atoms with Crippen molar-refractivity contribution in [3.05, 3.63) is 54.4 Å². The van der Waals surface area contributed by atoms with Gasteiger partial charge in [-0.05, 0) is 24.3 Å². The second-order valence-corrected chi connectivity index (χ2v) is 5.12. The molecule has 0 spiro atoms. The number of methoxy groups -OCH3 is 1. The summed E-state index contributed by atoms with van der Waals surface area (Å²) in [6.45, 7) is 0. The third kappa shape index (κ3) is 3.05. The van der Waals surface area contributed by atoms with Crippen LogP contribution in [-0.4, -0.2) is 32.7 Å². The predicted octanol–water partition coefficient (Wildman–Crippen LogP) is 2.93. The molecule has 7 nitrogen and oxygen atoms in total. The van der Waals surface area contributed by atoms with Crippen molar-refractivity contribution in [1.29, 1.82) is 0 Å². The minimum absolute atomic E-state index is 0.213. The lowest BCUT2D eigenvalue weighted by atomic mass is 10.2. The van der Waals surface area contributed by atoms with Gasteiger partial charge in [0.1, 0.15) is 5.75 Å². The second-order valence-electron chi connectivity index (χ2n) is 5.12. The van der Waals surface area contributed by atoms with Crippen LogP contribution in [0, 0.1) is 0 Å². The number of carbonyl (C=O) groups is 1. The second kappa shape index (κ2) is 6.41. The van der Waals surface area contributed by atoms with Gasteiger partial charge in [-0.15, -0.1) is 0 Å². The molecule has 2 heterocycles. The number of nitrogens with zero attached hydrogens (tertiary/aromatic N) is 3. The van der Waals surface area contributed by atoms with Crippen LogP contribution < -0.4 is 10.1 Å². The van der Waals surface area contributed by atoms with E-state index in [1.54, 1.807) is 43.3 Å². The van der Waals surface area contributed by atoms with E-state index in [1.165, 1.54) is 0 Å². The van der Waals surface area contributed by atoms with E-state index in [4.69, 9.17) is 9.84 Å². The van der Waals surface area contributed by atoms with Crippen LogP contribution in [0.4, 0.5) is 11.6 Å². The molecule has 0 saturated carbocycles. The fraction of sp³-hybridized carbons (Fsp3) is 0.118. The fourth-order valence-corrected chi connectivity index (χ4v) is 2.37. The Labute approximate surface area is 138 Å². The fourth-order valence-electron chi connectivity index (χ4n) is 2.37. The molecular formula is C17H16N4O3. The number of carboxylic acids is 1. The molecule has 0 radical (unpaired) electrons. The van der Waals surface area contributed by atoms with E-state index in [2.05, 4.69) is 15.3 Å². The minimum Gasteiger partial charge on any atom is -0.495 e. The number of carboxylic acid groups (broad SMARTS) is 1. The summed E-state index contributed by atoms with van der Waals surface area (Å²) in [5.41, 5.74) is 2.27. The summed E-state index contributed by atoms with van der Waals surface area (Å²) < 4.78 is 7.01. The van der Waals surface area contributed by atoms with E-state index in [0.29, 0.717) is 23.1 Å². The number of hydrogen-bond acceptors (Lipinski definition) is 5. The van der Waals surface area contributed by atoms with Gasteiger partial charge in [0.15, 0.2) is 0 Å². The van der Waals surface area contributed by atoms with Gasteiger partial charge < -0.3 is 19.7 Å². The van der Waals surface area contributed by atoms with Crippen LogP contribution in [0.25, 0.3) is 11.4 Å². The summed E-state index contributed by atoms with van der Waals surface area (Å²) in [5.74, 6) is 0.104. The molecule has 0 unspecified atom stereocenters. The average molecular weight is 324 g/mol. The number of aromatic carboxylic acids is 1. The van der Waals surface area contributed by atoms with Crippen molar-refractivity contribution < 1.29 is 14.6 Å². The van der Waals surface area contributed by atoms with Crippen molar-refractivity contribution in [1.82, 2.24) is 14.5 Å². The summed E-state index contributed by atoms with van der Waals surface area (Å²) in [6, 6.07) is 10.8.